The molecule has 0 aliphatic heterocycles. The molecule has 0 bridgehead atoms. The van der Waals surface area contributed by atoms with Crippen molar-refractivity contribution in [3.63, 3.8) is 0 Å². The quantitative estimate of drug-likeness (QED) is 0.618. The highest BCUT2D eigenvalue weighted by Crippen LogP contribution is 2.24. The highest BCUT2D eigenvalue weighted by atomic mass is 35.5. The Bertz CT molecular complexity index is 1150. The zero-order valence-corrected chi connectivity index (χ0v) is 17.0. The molecule has 0 saturated heterocycles. The van der Waals surface area contributed by atoms with E-state index in [-0.39, 0.29) is 28.9 Å². The standard InChI is InChI=1S/C21H19ClF2N2O4/c1-11-7-13(18(28)9-27)4-6-17(11)26-12(2)25-20(19(22)21(26)29)30-10-14-3-5-15(23)8-16(14)24/h3-8,18,27-28H,9-10H2,1-2H3. The van der Waals surface area contributed by atoms with E-state index in [4.69, 9.17) is 21.4 Å². The Morgan fingerprint density at radius 1 is 1.20 bits per heavy atom. The fourth-order valence-electron chi connectivity index (χ4n) is 2.99. The smallest absolute Gasteiger partial charge is 0.280 e. The maximum Gasteiger partial charge on any atom is 0.280 e. The fourth-order valence-corrected chi connectivity index (χ4v) is 3.17. The summed E-state index contributed by atoms with van der Waals surface area (Å²) in [6.45, 7) is 2.61. The Morgan fingerprint density at radius 3 is 2.57 bits per heavy atom. The van der Waals surface area contributed by atoms with Crippen LogP contribution in [0.5, 0.6) is 5.88 Å². The van der Waals surface area contributed by atoms with Gasteiger partial charge < -0.3 is 14.9 Å². The highest BCUT2D eigenvalue weighted by Gasteiger charge is 2.18. The number of ether oxygens (including phenoxy) is 1. The minimum Gasteiger partial charge on any atom is -0.471 e. The minimum atomic E-state index is -1.03. The first kappa shape index (κ1) is 21.9. The van der Waals surface area contributed by atoms with E-state index in [2.05, 4.69) is 4.98 Å². The summed E-state index contributed by atoms with van der Waals surface area (Å²) in [5.74, 6) is -1.38. The molecule has 3 rings (SSSR count). The van der Waals surface area contributed by atoms with Crippen LogP contribution in [-0.2, 0) is 6.61 Å². The second-order valence-corrected chi connectivity index (χ2v) is 7.07. The molecule has 2 N–H and O–H groups in total. The molecule has 0 fully saturated rings. The van der Waals surface area contributed by atoms with Crippen LogP contribution in [-0.4, -0.2) is 26.4 Å². The van der Waals surface area contributed by atoms with Crippen molar-refractivity contribution in [2.75, 3.05) is 6.61 Å². The third-order valence-electron chi connectivity index (χ3n) is 4.56. The molecule has 158 valence electrons. The molecule has 1 unspecified atom stereocenters. The Labute approximate surface area is 176 Å². The number of aryl methyl sites for hydroxylation is 2. The molecule has 0 saturated carbocycles. The van der Waals surface area contributed by atoms with Crippen molar-refractivity contribution < 1.29 is 23.7 Å². The molecule has 30 heavy (non-hydrogen) atoms. The lowest BCUT2D eigenvalue weighted by atomic mass is 10.1. The number of aliphatic hydroxyl groups is 2. The van der Waals surface area contributed by atoms with Crippen molar-refractivity contribution in [3.8, 4) is 11.6 Å². The van der Waals surface area contributed by atoms with Crippen LogP contribution < -0.4 is 10.3 Å². The summed E-state index contributed by atoms with van der Waals surface area (Å²) in [5, 5.41) is 18.6. The minimum absolute atomic E-state index is 0.0879. The van der Waals surface area contributed by atoms with Crippen LogP contribution in [0.3, 0.4) is 0 Å². The molecule has 1 heterocycles. The van der Waals surface area contributed by atoms with Crippen LogP contribution >= 0.6 is 11.6 Å². The average Bonchev–Trinajstić information content (AvgIpc) is 2.71. The SMILES string of the molecule is Cc1cc(C(O)CO)ccc1-n1c(C)nc(OCc2ccc(F)cc2F)c(Cl)c1=O. The number of rotatable bonds is 6. The molecule has 9 heteroatoms. The van der Waals surface area contributed by atoms with Gasteiger partial charge in [0.1, 0.15) is 30.2 Å². The number of halogens is 3. The van der Waals surface area contributed by atoms with Gasteiger partial charge in [0.15, 0.2) is 5.02 Å². The molecule has 1 aromatic heterocycles. The van der Waals surface area contributed by atoms with Crippen molar-refractivity contribution in [2.24, 2.45) is 0 Å². The molecule has 1 atom stereocenters. The molecule has 0 amide bonds. The van der Waals surface area contributed by atoms with Gasteiger partial charge in [0, 0.05) is 11.6 Å². The van der Waals surface area contributed by atoms with Crippen molar-refractivity contribution >= 4 is 11.6 Å². The van der Waals surface area contributed by atoms with Gasteiger partial charge >= 0.3 is 0 Å². The summed E-state index contributed by atoms with van der Waals surface area (Å²) in [6, 6.07) is 7.92. The van der Waals surface area contributed by atoms with Crippen LogP contribution in [0.15, 0.2) is 41.2 Å². The maximum atomic E-state index is 13.8. The topological polar surface area (TPSA) is 84.6 Å². The summed E-state index contributed by atoms with van der Waals surface area (Å²) < 4.78 is 33.5. The lowest BCUT2D eigenvalue weighted by Gasteiger charge is -2.16. The van der Waals surface area contributed by atoms with E-state index < -0.39 is 29.9 Å². The molecule has 2 aromatic carbocycles. The van der Waals surface area contributed by atoms with Crippen LogP contribution in [0.25, 0.3) is 5.69 Å². The van der Waals surface area contributed by atoms with Gasteiger partial charge in [-0.1, -0.05) is 23.7 Å². The van der Waals surface area contributed by atoms with E-state index in [1.807, 2.05) is 0 Å². The molecular weight excluding hydrogens is 418 g/mol. The second kappa shape index (κ2) is 8.91. The Kier molecular flexibility index (Phi) is 6.50. The van der Waals surface area contributed by atoms with E-state index in [1.54, 1.807) is 32.0 Å². The number of aromatic nitrogens is 2. The lowest BCUT2D eigenvalue weighted by Crippen LogP contribution is -2.24. The number of aliphatic hydroxyl groups excluding tert-OH is 2. The maximum absolute atomic E-state index is 13.8. The predicted octanol–water partition coefficient (Wildman–Crippen LogP) is 3.39. The summed E-state index contributed by atoms with van der Waals surface area (Å²) in [5.41, 5.74) is 1.16. The van der Waals surface area contributed by atoms with Crippen LogP contribution in [0.4, 0.5) is 8.78 Å². The van der Waals surface area contributed by atoms with E-state index in [0.29, 0.717) is 16.8 Å². The van der Waals surface area contributed by atoms with Gasteiger partial charge in [-0.25, -0.2) is 8.78 Å². The Morgan fingerprint density at radius 2 is 1.93 bits per heavy atom. The number of hydrogen-bond donors (Lipinski definition) is 2. The normalized spacial score (nSPS) is 12.1. The third kappa shape index (κ3) is 4.35. The first-order valence-corrected chi connectivity index (χ1v) is 9.36. The lowest BCUT2D eigenvalue weighted by molar-refractivity contribution is 0.0956. The van der Waals surface area contributed by atoms with Crippen molar-refractivity contribution in [1.82, 2.24) is 9.55 Å². The number of benzene rings is 2. The third-order valence-corrected chi connectivity index (χ3v) is 4.89. The molecule has 0 aliphatic rings. The van der Waals surface area contributed by atoms with Gasteiger partial charge in [0.05, 0.1) is 12.3 Å². The summed E-state index contributed by atoms with van der Waals surface area (Å²) in [7, 11) is 0. The summed E-state index contributed by atoms with van der Waals surface area (Å²) >= 11 is 6.16. The van der Waals surface area contributed by atoms with Crippen molar-refractivity contribution in [1.29, 1.82) is 0 Å². The number of hydrogen-bond acceptors (Lipinski definition) is 5. The summed E-state index contributed by atoms with van der Waals surface area (Å²) in [6.07, 6.45) is -1.03. The van der Waals surface area contributed by atoms with Gasteiger partial charge in [-0.05, 0) is 43.2 Å². The van der Waals surface area contributed by atoms with Gasteiger partial charge in [0.25, 0.3) is 5.56 Å². The van der Waals surface area contributed by atoms with Gasteiger partial charge in [-0.2, -0.15) is 4.98 Å². The van der Waals surface area contributed by atoms with E-state index in [9.17, 15) is 18.7 Å². The highest BCUT2D eigenvalue weighted by molar-refractivity contribution is 6.31. The Hall–Kier alpha value is -2.81. The average molecular weight is 437 g/mol. The molecule has 3 aromatic rings. The summed E-state index contributed by atoms with van der Waals surface area (Å²) in [4.78, 5) is 17.1. The van der Waals surface area contributed by atoms with E-state index >= 15 is 0 Å². The van der Waals surface area contributed by atoms with Crippen molar-refractivity contribution in [3.05, 3.63) is 85.9 Å². The zero-order chi connectivity index (χ0) is 22.0. The monoisotopic (exact) mass is 436 g/mol. The van der Waals surface area contributed by atoms with Gasteiger partial charge in [-0.15, -0.1) is 0 Å². The Balaban J connectivity index is 1.94. The van der Waals surface area contributed by atoms with Crippen LogP contribution in [0, 0.1) is 25.5 Å². The largest absolute Gasteiger partial charge is 0.471 e. The fraction of sp³-hybridized carbons (Fsp3) is 0.238. The number of nitrogens with zero attached hydrogens (tertiary/aromatic N) is 2. The van der Waals surface area contributed by atoms with Crippen molar-refractivity contribution in [2.45, 2.75) is 26.6 Å². The van der Waals surface area contributed by atoms with Crippen LogP contribution in [0.2, 0.25) is 5.02 Å². The molecule has 0 spiro atoms. The molecule has 0 aliphatic carbocycles. The first-order chi connectivity index (χ1) is 14.2. The molecule has 0 radical (unpaired) electrons. The molecule has 6 nitrogen and oxygen atoms in total. The van der Waals surface area contributed by atoms with Gasteiger partial charge in [-0.3, -0.25) is 9.36 Å². The zero-order valence-electron chi connectivity index (χ0n) is 16.2. The molecular formula is C21H19ClF2N2O4. The predicted molar refractivity (Wildman–Crippen MR) is 107 cm³/mol. The van der Waals surface area contributed by atoms with Gasteiger partial charge in [0.2, 0.25) is 5.88 Å². The van der Waals surface area contributed by atoms with Crippen LogP contribution in [0.1, 0.15) is 28.6 Å². The first-order valence-electron chi connectivity index (χ1n) is 8.98. The van der Waals surface area contributed by atoms with E-state index in [0.717, 1.165) is 12.1 Å². The van der Waals surface area contributed by atoms with E-state index in [1.165, 1.54) is 10.6 Å². The second-order valence-electron chi connectivity index (χ2n) is 6.69.